The van der Waals surface area contributed by atoms with Gasteiger partial charge in [0, 0.05) is 9.85 Å². The first-order chi connectivity index (χ1) is 7.04. The second-order valence-corrected chi connectivity index (χ2v) is 4.47. The van der Waals surface area contributed by atoms with Gasteiger partial charge in [-0.1, -0.05) is 0 Å². The number of ketones is 2. The Morgan fingerprint density at radius 3 is 2.60 bits per heavy atom. The molecule has 0 saturated carbocycles. The molecule has 1 aromatic rings. The average Bonchev–Trinajstić information content (AvgIpc) is 2.63. The molecule has 0 aromatic carbocycles. The normalized spacial score (nSPS) is 9.73. The quantitative estimate of drug-likeness (QED) is 0.367. The minimum atomic E-state index is -0.987. The van der Waals surface area contributed by atoms with Crippen molar-refractivity contribution in [2.75, 3.05) is 7.11 Å². The summed E-state index contributed by atoms with van der Waals surface area (Å²) in [5, 5.41) is 1.73. The van der Waals surface area contributed by atoms with Gasteiger partial charge in [-0.25, -0.2) is 4.79 Å². The third-order valence-electron chi connectivity index (χ3n) is 1.58. The third-order valence-corrected chi connectivity index (χ3v) is 3.31. The molecular formula is C9H7BrO4S. The lowest BCUT2D eigenvalue weighted by molar-refractivity contribution is -0.151. The Hall–Kier alpha value is -1.01. The third kappa shape index (κ3) is 3.24. The van der Waals surface area contributed by atoms with Crippen molar-refractivity contribution < 1.29 is 19.1 Å². The van der Waals surface area contributed by atoms with Gasteiger partial charge in [-0.05, 0) is 22.0 Å². The van der Waals surface area contributed by atoms with E-state index in [-0.39, 0.29) is 5.78 Å². The van der Waals surface area contributed by atoms with Crippen molar-refractivity contribution in [1.82, 2.24) is 0 Å². The molecule has 1 rings (SSSR count). The van der Waals surface area contributed by atoms with Crippen LogP contribution in [0.25, 0.3) is 0 Å². The van der Waals surface area contributed by atoms with Crippen molar-refractivity contribution in [1.29, 1.82) is 0 Å². The van der Waals surface area contributed by atoms with Crippen molar-refractivity contribution in [3.8, 4) is 0 Å². The molecule has 0 saturated heterocycles. The molecular weight excluding hydrogens is 284 g/mol. The highest BCUT2D eigenvalue weighted by Gasteiger charge is 2.20. The van der Waals surface area contributed by atoms with Crippen LogP contribution in [-0.4, -0.2) is 24.6 Å². The summed E-state index contributed by atoms with van der Waals surface area (Å²) in [7, 11) is 1.10. The summed E-state index contributed by atoms with van der Waals surface area (Å²) in [5.74, 6) is -2.19. The average molecular weight is 291 g/mol. The largest absolute Gasteiger partial charge is 0.463 e. The van der Waals surface area contributed by atoms with Crippen molar-refractivity contribution in [3.63, 3.8) is 0 Å². The van der Waals surface area contributed by atoms with E-state index in [1.54, 1.807) is 11.4 Å². The maximum Gasteiger partial charge on any atom is 0.374 e. The monoisotopic (exact) mass is 290 g/mol. The minimum absolute atomic E-state index is 0.374. The molecule has 0 radical (unpaired) electrons. The van der Waals surface area contributed by atoms with Gasteiger partial charge >= 0.3 is 5.97 Å². The minimum Gasteiger partial charge on any atom is -0.463 e. The molecule has 0 atom stereocenters. The van der Waals surface area contributed by atoms with Gasteiger partial charge in [0.2, 0.25) is 5.78 Å². The second-order valence-electron chi connectivity index (χ2n) is 2.64. The Morgan fingerprint density at radius 2 is 2.13 bits per heavy atom. The molecule has 6 heteroatoms. The highest BCUT2D eigenvalue weighted by Crippen LogP contribution is 2.21. The summed E-state index contributed by atoms with van der Waals surface area (Å²) < 4.78 is 4.99. The number of Topliss-reactive ketones (excluding diaryl/α,β-unsaturated/α-hetero) is 2. The Balaban J connectivity index is 2.64. The van der Waals surface area contributed by atoms with Gasteiger partial charge in [-0.3, -0.25) is 9.59 Å². The van der Waals surface area contributed by atoms with Crippen molar-refractivity contribution in [2.45, 2.75) is 6.42 Å². The number of methoxy groups -OCH3 is 1. The lowest BCUT2D eigenvalue weighted by Gasteiger charge is -1.96. The fourth-order valence-corrected chi connectivity index (χ4v) is 2.25. The smallest absolute Gasteiger partial charge is 0.374 e. The van der Waals surface area contributed by atoms with Gasteiger partial charge in [-0.15, -0.1) is 11.3 Å². The molecule has 80 valence electrons. The molecule has 0 aliphatic rings. The summed E-state index contributed by atoms with van der Waals surface area (Å²) in [6.45, 7) is 0. The van der Waals surface area contributed by atoms with Gasteiger partial charge in [0.1, 0.15) is 0 Å². The fourth-order valence-electron chi connectivity index (χ4n) is 0.878. The lowest BCUT2D eigenvalue weighted by Crippen LogP contribution is -2.18. The summed E-state index contributed by atoms with van der Waals surface area (Å²) in [6, 6.07) is 1.61. The number of hydrogen-bond acceptors (Lipinski definition) is 5. The van der Waals surface area contributed by atoms with Gasteiger partial charge < -0.3 is 4.74 Å². The van der Waals surface area contributed by atoms with E-state index in [0.29, 0.717) is 4.88 Å². The van der Waals surface area contributed by atoms with E-state index in [2.05, 4.69) is 20.7 Å². The van der Waals surface area contributed by atoms with E-state index in [1.165, 1.54) is 11.3 Å². The highest BCUT2D eigenvalue weighted by atomic mass is 79.9. The number of hydrogen-bond donors (Lipinski definition) is 0. The summed E-state index contributed by atoms with van der Waals surface area (Å²) in [5.41, 5.74) is 0. The van der Waals surface area contributed by atoms with E-state index in [0.717, 1.165) is 11.6 Å². The Bertz CT molecular complexity index is 410. The molecule has 4 nitrogen and oxygen atoms in total. The zero-order valence-corrected chi connectivity index (χ0v) is 10.2. The number of thiophene rings is 1. The van der Waals surface area contributed by atoms with E-state index >= 15 is 0 Å². The van der Waals surface area contributed by atoms with Crippen LogP contribution in [0, 0.1) is 0 Å². The summed E-state index contributed by atoms with van der Waals surface area (Å²) in [6.07, 6.45) is -0.445. The number of carbonyl (C=O) groups excluding carboxylic acids is 3. The molecule has 0 bridgehead atoms. The molecule has 1 aromatic heterocycles. The molecule has 0 spiro atoms. The van der Waals surface area contributed by atoms with Crippen LogP contribution in [0.3, 0.4) is 0 Å². The number of rotatable bonds is 4. The van der Waals surface area contributed by atoms with E-state index in [9.17, 15) is 14.4 Å². The molecule has 0 unspecified atom stereocenters. The molecule has 0 amide bonds. The summed E-state index contributed by atoms with van der Waals surface area (Å²) >= 11 is 4.41. The highest BCUT2D eigenvalue weighted by molar-refractivity contribution is 9.10. The first-order valence-corrected chi connectivity index (χ1v) is 5.60. The number of ether oxygens (including phenoxy) is 1. The zero-order chi connectivity index (χ0) is 11.4. The van der Waals surface area contributed by atoms with Gasteiger partial charge in [0.25, 0.3) is 0 Å². The van der Waals surface area contributed by atoms with Crippen LogP contribution in [0.15, 0.2) is 15.9 Å². The first-order valence-electron chi connectivity index (χ1n) is 3.93. The van der Waals surface area contributed by atoms with Gasteiger partial charge in [0.05, 0.1) is 18.4 Å². The molecule has 0 aliphatic carbocycles. The van der Waals surface area contributed by atoms with E-state index in [4.69, 9.17) is 0 Å². The van der Waals surface area contributed by atoms with Crippen LogP contribution < -0.4 is 0 Å². The van der Waals surface area contributed by atoms with Crippen LogP contribution in [0.5, 0.6) is 0 Å². The SMILES string of the molecule is COC(=O)C(=O)CC(=O)c1cc(Br)cs1. The Kier molecular flexibility index (Phi) is 4.16. The predicted octanol–water partition coefficient (Wildman–Crippen LogP) is 1.83. The van der Waals surface area contributed by atoms with Crippen LogP contribution in [-0.2, 0) is 14.3 Å². The lowest BCUT2D eigenvalue weighted by atomic mass is 10.2. The molecule has 0 fully saturated rings. The van der Waals surface area contributed by atoms with E-state index in [1.807, 2.05) is 0 Å². The second kappa shape index (κ2) is 5.18. The summed E-state index contributed by atoms with van der Waals surface area (Å²) in [4.78, 5) is 33.7. The molecule has 1 heterocycles. The number of esters is 1. The van der Waals surface area contributed by atoms with Gasteiger partial charge in [-0.2, -0.15) is 0 Å². The van der Waals surface area contributed by atoms with E-state index < -0.39 is 18.2 Å². The predicted molar refractivity (Wildman–Crippen MR) is 58.0 cm³/mol. The standard InChI is InChI=1S/C9H7BrO4S/c1-14-9(13)7(12)3-6(11)8-2-5(10)4-15-8/h2,4H,3H2,1H3. The topological polar surface area (TPSA) is 60.4 Å². The Labute approximate surface area is 98.4 Å². The van der Waals surface area contributed by atoms with Crippen LogP contribution in [0.4, 0.5) is 0 Å². The van der Waals surface area contributed by atoms with Crippen molar-refractivity contribution in [2.24, 2.45) is 0 Å². The van der Waals surface area contributed by atoms with Crippen LogP contribution in [0.2, 0.25) is 0 Å². The number of carbonyl (C=O) groups is 3. The van der Waals surface area contributed by atoms with Gasteiger partial charge in [0.15, 0.2) is 5.78 Å². The zero-order valence-electron chi connectivity index (χ0n) is 7.78. The maximum absolute atomic E-state index is 11.4. The van der Waals surface area contributed by atoms with Crippen LogP contribution in [0.1, 0.15) is 16.1 Å². The van der Waals surface area contributed by atoms with Crippen LogP contribution >= 0.6 is 27.3 Å². The van der Waals surface area contributed by atoms with Crippen molar-refractivity contribution >= 4 is 44.8 Å². The molecule has 15 heavy (non-hydrogen) atoms. The first kappa shape index (κ1) is 12.1. The Morgan fingerprint density at radius 1 is 1.47 bits per heavy atom. The maximum atomic E-state index is 11.4. The van der Waals surface area contributed by atoms with Crippen molar-refractivity contribution in [3.05, 3.63) is 20.8 Å². The fraction of sp³-hybridized carbons (Fsp3) is 0.222. The number of halogens is 1. The molecule has 0 aliphatic heterocycles. The molecule has 0 N–H and O–H groups in total.